The highest BCUT2D eigenvalue weighted by Crippen LogP contribution is 2.43. The predicted octanol–water partition coefficient (Wildman–Crippen LogP) is 1.42. The Morgan fingerprint density at radius 2 is 2.24 bits per heavy atom. The van der Waals surface area contributed by atoms with Crippen LogP contribution in [-0.2, 0) is 10.3 Å². The first kappa shape index (κ1) is 11.2. The molecule has 0 spiro atoms. The summed E-state index contributed by atoms with van der Waals surface area (Å²) in [7, 11) is 1.73. The Hall–Kier alpha value is -0.940. The molecule has 1 saturated heterocycles. The molecule has 17 heavy (non-hydrogen) atoms. The van der Waals surface area contributed by atoms with Crippen LogP contribution in [0.1, 0.15) is 43.8 Å². The summed E-state index contributed by atoms with van der Waals surface area (Å²) in [5.41, 5.74) is -0.267. The van der Waals surface area contributed by atoms with Crippen molar-refractivity contribution >= 4 is 0 Å². The summed E-state index contributed by atoms with van der Waals surface area (Å²) in [4.78, 5) is 4.56. The third kappa shape index (κ3) is 1.68. The maximum atomic E-state index is 5.56. The molecule has 5 nitrogen and oxygen atoms in total. The highest BCUT2D eigenvalue weighted by Gasteiger charge is 2.44. The molecular weight excluding hydrogens is 218 g/mol. The molecule has 2 aliphatic rings. The fraction of sp³-hybridized carbons (Fsp3) is 0.833. The van der Waals surface area contributed by atoms with Crippen LogP contribution in [-0.4, -0.2) is 30.3 Å². The molecule has 0 bridgehead atoms. The van der Waals surface area contributed by atoms with E-state index in [2.05, 4.69) is 22.4 Å². The zero-order chi connectivity index (χ0) is 11.9. The fourth-order valence-corrected chi connectivity index (χ4v) is 2.73. The summed E-state index contributed by atoms with van der Waals surface area (Å²) in [6, 6.07) is 0. The number of nitrogens with zero attached hydrogens (tertiary/aromatic N) is 2. The minimum Gasteiger partial charge on any atom is -0.370 e. The molecule has 0 radical (unpaired) electrons. The van der Waals surface area contributed by atoms with Gasteiger partial charge in [-0.3, -0.25) is 0 Å². The Morgan fingerprint density at radius 1 is 1.41 bits per heavy atom. The molecule has 1 saturated carbocycles. The van der Waals surface area contributed by atoms with E-state index in [1.165, 1.54) is 6.42 Å². The SMILES string of the molecule is COC1(c2noc([C@@H]3CNC[C@H]3C)n2)CCC1. The van der Waals surface area contributed by atoms with Gasteiger partial charge in [0.25, 0.3) is 0 Å². The molecule has 2 atom stereocenters. The third-order valence-electron chi connectivity index (χ3n) is 4.24. The maximum Gasteiger partial charge on any atom is 0.231 e. The summed E-state index contributed by atoms with van der Waals surface area (Å²) in [5.74, 6) is 2.41. The van der Waals surface area contributed by atoms with Gasteiger partial charge in [-0.05, 0) is 31.7 Å². The maximum absolute atomic E-state index is 5.56. The number of rotatable bonds is 3. The molecule has 0 amide bonds. The van der Waals surface area contributed by atoms with Crippen molar-refractivity contribution in [2.75, 3.05) is 20.2 Å². The molecule has 0 aromatic carbocycles. The monoisotopic (exact) mass is 237 g/mol. The van der Waals surface area contributed by atoms with Crippen molar-refractivity contribution in [3.8, 4) is 0 Å². The van der Waals surface area contributed by atoms with E-state index in [9.17, 15) is 0 Å². The summed E-state index contributed by atoms with van der Waals surface area (Å²) in [6.45, 7) is 4.17. The van der Waals surface area contributed by atoms with Crippen LogP contribution in [0, 0.1) is 5.92 Å². The Labute approximate surface area is 101 Å². The van der Waals surface area contributed by atoms with Gasteiger partial charge < -0.3 is 14.6 Å². The van der Waals surface area contributed by atoms with Gasteiger partial charge >= 0.3 is 0 Å². The Bertz CT molecular complexity index is 395. The first-order valence-corrected chi connectivity index (χ1v) is 6.35. The lowest BCUT2D eigenvalue weighted by Crippen LogP contribution is -2.37. The summed E-state index contributed by atoms with van der Waals surface area (Å²) >= 11 is 0. The standard InChI is InChI=1S/C12H19N3O2/c1-8-6-13-7-9(8)10-14-11(15-17-10)12(16-2)4-3-5-12/h8-9,13H,3-7H2,1-2H3/t8-,9-/m1/s1. The molecular formula is C12H19N3O2. The van der Waals surface area contributed by atoms with Crippen LogP contribution < -0.4 is 5.32 Å². The van der Waals surface area contributed by atoms with E-state index in [1.807, 2.05) is 0 Å². The molecule has 1 N–H and O–H groups in total. The van der Waals surface area contributed by atoms with Crippen molar-refractivity contribution < 1.29 is 9.26 Å². The van der Waals surface area contributed by atoms with Crippen LogP contribution in [0.3, 0.4) is 0 Å². The first-order valence-electron chi connectivity index (χ1n) is 6.35. The molecule has 94 valence electrons. The van der Waals surface area contributed by atoms with Crippen LogP contribution >= 0.6 is 0 Å². The second-order valence-electron chi connectivity index (χ2n) is 5.25. The van der Waals surface area contributed by atoms with Crippen LogP contribution in [0.25, 0.3) is 0 Å². The molecule has 1 aliphatic heterocycles. The molecule has 2 heterocycles. The molecule has 2 fully saturated rings. The van der Waals surface area contributed by atoms with E-state index in [4.69, 9.17) is 9.26 Å². The lowest BCUT2D eigenvalue weighted by Gasteiger charge is -2.37. The molecule has 1 aliphatic carbocycles. The van der Waals surface area contributed by atoms with Gasteiger partial charge in [-0.1, -0.05) is 12.1 Å². The van der Waals surface area contributed by atoms with Crippen molar-refractivity contribution in [1.29, 1.82) is 0 Å². The minimum atomic E-state index is -0.267. The quantitative estimate of drug-likeness (QED) is 0.861. The zero-order valence-electron chi connectivity index (χ0n) is 10.4. The lowest BCUT2D eigenvalue weighted by atomic mass is 9.79. The van der Waals surface area contributed by atoms with Crippen molar-refractivity contribution in [3.63, 3.8) is 0 Å². The second-order valence-corrected chi connectivity index (χ2v) is 5.25. The van der Waals surface area contributed by atoms with Crippen LogP contribution in [0.4, 0.5) is 0 Å². The first-order chi connectivity index (χ1) is 8.25. The molecule has 1 aromatic heterocycles. The van der Waals surface area contributed by atoms with Crippen molar-refractivity contribution in [1.82, 2.24) is 15.5 Å². The third-order valence-corrected chi connectivity index (χ3v) is 4.24. The smallest absolute Gasteiger partial charge is 0.231 e. The van der Waals surface area contributed by atoms with Gasteiger partial charge in [0.05, 0.1) is 5.92 Å². The fourth-order valence-electron chi connectivity index (χ4n) is 2.73. The summed E-state index contributed by atoms with van der Waals surface area (Å²) in [5, 5.41) is 7.47. The number of aromatic nitrogens is 2. The van der Waals surface area contributed by atoms with E-state index in [0.717, 1.165) is 37.6 Å². The topological polar surface area (TPSA) is 60.2 Å². The molecule has 3 rings (SSSR count). The van der Waals surface area contributed by atoms with E-state index in [1.54, 1.807) is 7.11 Å². The Morgan fingerprint density at radius 3 is 2.76 bits per heavy atom. The number of ether oxygens (including phenoxy) is 1. The normalized spacial score (nSPS) is 31.4. The second kappa shape index (κ2) is 4.07. The van der Waals surface area contributed by atoms with Crippen molar-refractivity contribution in [3.05, 3.63) is 11.7 Å². The van der Waals surface area contributed by atoms with Crippen molar-refractivity contribution in [2.45, 2.75) is 37.7 Å². The van der Waals surface area contributed by atoms with Crippen LogP contribution in [0.2, 0.25) is 0 Å². The number of hydrogen-bond acceptors (Lipinski definition) is 5. The van der Waals surface area contributed by atoms with Crippen molar-refractivity contribution in [2.24, 2.45) is 5.92 Å². The summed E-state index contributed by atoms with van der Waals surface area (Å²) < 4.78 is 11.0. The van der Waals surface area contributed by atoms with E-state index < -0.39 is 0 Å². The summed E-state index contributed by atoms with van der Waals surface area (Å²) in [6.07, 6.45) is 3.18. The van der Waals surface area contributed by atoms with Crippen LogP contribution in [0.5, 0.6) is 0 Å². The van der Waals surface area contributed by atoms with Gasteiger partial charge in [0.1, 0.15) is 5.60 Å². The largest absolute Gasteiger partial charge is 0.370 e. The van der Waals surface area contributed by atoms with Gasteiger partial charge in [0.15, 0.2) is 0 Å². The van der Waals surface area contributed by atoms with E-state index in [-0.39, 0.29) is 5.60 Å². The number of methoxy groups -OCH3 is 1. The van der Waals surface area contributed by atoms with Gasteiger partial charge in [-0.2, -0.15) is 4.98 Å². The minimum absolute atomic E-state index is 0.267. The average Bonchev–Trinajstić information content (AvgIpc) is 2.86. The predicted molar refractivity (Wildman–Crippen MR) is 61.6 cm³/mol. The number of nitrogens with one attached hydrogen (secondary N) is 1. The van der Waals surface area contributed by atoms with Crippen LogP contribution in [0.15, 0.2) is 4.52 Å². The van der Waals surface area contributed by atoms with Gasteiger partial charge in [0.2, 0.25) is 11.7 Å². The lowest BCUT2D eigenvalue weighted by molar-refractivity contribution is -0.0858. The van der Waals surface area contributed by atoms with E-state index >= 15 is 0 Å². The Balaban J connectivity index is 1.82. The molecule has 0 unspecified atom stereocenters. The van der Waals surface area contributed by atoms with E-state index in [0.29, 0.717) is 11.8 Å². The van der Waals surface area contributed by atoms with Gasteiger partial charge in [-0.15, -0.1) is 0 Å². The Kier molecular flexibility index (Phi) is 2.67. The number of hydrogen-bond donors (Lipinski definition) is 1. The zero-order valence-corrected chi connectivity index (χ0v) is 10.4. The molecule has 5 heteroatoms. The van der Waals surface area contributed by atoms with Gasteiger partial charge in [-0.25, -0.2) is 0 Å². The highest BCUT2D eigenvalue weighted by molar-refractivity contribution is 5.09. The molecule has 1 aromatic rings. The van der Waals surface area contributed by atoms with Gasteiger partial charge in [0, 0.05) is 13.7 Å². The average molecular weight is 237 g/mol. The highest BCUT2D eigenvalue weighted by atomic mass is 16.5.